The van der Waals surface area contributed by atoms with Crippen molar-refractivity contribution in [1.29, 1.82) is 0 Å². The van der Waals surface area contributed by atoms with Crippen LogP contribution in [-0.4, -0.2) is 46.4 Å². The van der Waals surface area contributed by atoms with E-state index < -0.39 is 29.0 Å². The molecule has 0 saturated carbocycles. The number of hydrogen-bond donors (Lipinski definition) is 6. The Morgan fingerprint density at radius 1 is 0.925 bits per heavy atom. The number of benzene rings is 3. The number of anilines is 1. The minimum Gasteiger partial charge on any atom is -0.368 e. The van der Waals surface area contributed by atoms with Gasteiger partial charge in [-0.15, -0.1) is 0 Å². The van der Waals surface area contributed by atoms with Crippen molar-refractivity contribution < 1.29 is 19.4 Å². The summed E-state index contributed by atoms with van der Waals surface area (Å²) in [5.41, 5.74) is 18.4. The number of carbonyl (C=O) groups is 3. The number of carbonyl (C=O) groups excluding carboxylic acids is 3. The summed E-state index contributed by atoms with van der Waals surface area (Å²) in [5, 5.41) is 22.2. The topological polar surface area (TPSA) is 224 Å². The number of primary amides is 2. The molecule has 210 valence electrons. The number of rotatable bonds is 12. The van der Waals surface area contributed by atoms with E-state index in [1.54, 1.807) is 30.3 Å². The molecule has 14 nitrogen and oxygen atoms in total. The van der Waals surface area contributed by atoms with Crippen LogP contribution < -0.4 is 33.2 Å². The minimum absolute atomic E-state index is 0.0477. The molecule has 1 atom stereocenters. The van der Waals surface area contributed by atoms with Crippen LogP contribution in [0.3, 0.4) is 0 Å². The number of nitrogens with one attached hydrogen (secondary N) is 3. The molecule has 5 amide bonds. The molecule has 3 aromatic carbocycles. The molecule has 0 fully saturated rings. The molecule has 3 aromatic rings. The first-order valence-corrected chi connectivity index (χ1v) is 12.3. The van der Waals surface area contributed by atoms with Gasteiger partial charge in [-0.1, -0.05) is 60.7 Å². The summed E-state index contributed by atoms with van der Waals surface area (Å²) in [6, 6.07) is 17.9. The first-order chi connectivity index (χ1) is 19.1. The van der Waals surface area contributed by atoms with Crippen molar-refractivity contribution in [1.82, 2.24) is 15.5 Å². The minimum atomic E-state index is -1.01. The second-order valence-electron chi connectivity index (χ2n) is 8.83. The summed E-state index contributed by atoms with van der Waals surface area (Å²) in [6.07, 6.45) is 0.453. The van der Waals surface area contributed by atoms with E-state index in [1.165, 1.54) is 4.90 Å². The lowest BCUT2D eigenvalue weighted by molar-refractivity contribution is -0.485. The molecule has 0 spiro atoms. The summed E-state index contributed by atoms with van der Waals surface area (Å²) in [7, 11) is 0. The van der Waals surface area contributed by atoms with Crippen molar-refractivity contribution in [2.75, 3.05) is 11.9 Å². The summed E-state index contributed by atoms with van der Waals surface area (Å²) >= 11 is 0. The Kier molecular flexibility index (Phi) is 10.2. The molecule has 14 heteroatoms. The zero-order valence-corrected chi connectivity index (χ0v) is 21.6. The number of nitrogens with zero attached hydrogens (tertiary/aromatic N) is 3. The fraction of sp³-hybridized carbons (Fsp3) is 0.231. The summed E-state index contributed by atoms with van der Waals surface area (Å²) in [6.45, 7) is 0.445. The van der Waals surface area contributed by atoms with Crippen molar-refractivity contribution in [2.24, 2.45) is 22.3 Å². The quantitative estimate of drug-likeness (QED) is 0.0644. The fourth-order valence-corrected chi connectivity index (χ4v) is 4.08. The van der Waals surface area contributed by atoms with Crippen molar-refractivity contribution in [3.05, 3.63) is 88.0 Å². The predicted molar refractivity (Wildman–Crippen MR) is 150 cm³/mol. The lowest BCUT2D eigenvalue weighted by Crippen LogP contribution is -2.49. The Morgan fingerprint density at radius 2 is 1.60 bits per heavy atom. The van der Waals surface area contributed by atoms with Gasteiger partial charge in [-0.05, 0) is 35.4 Å². The van der Waals surface area contributed by atoms with Gasteiger partial charge in [-0.2, -0.15) is 0 Å². The lowest BCUT2D eigenvalue weighted by atomic mass is 10.1. The second kappa shape index (κ2) is 13.9. The standard InChI is InChI=1S/C26H31N9O5/c27-23(36)22(9-4-14-30-24(28)33-35(39)40)34(16-18-12-10-17(11-13-18)15-31-25(29)37)26(38)32-21-8-3-6-19-5-1-2-7-20(19)21/h1-3,5-8,10-13,22H,4,9,14-16H2,(H2,27,36)(H,32,38)(H3,28,30,33)(H3,29,31,37)/t22-/m1/s1. The van der Waals surface area contributed by atoms with Crippen molar-refractivity contribution in [2.45, 2.75) is 32.0 Å². The van der Waals surface area contributed by atoms with E-state index in [-0.39, 0.29) is 32.0 Å². The van der Waals surface area contributed by atoms with Crippen LogP contribution in [0.25, 0.3) is 10.8 Å². The third-order valence-corrected chi connectivity index (χ3v) is 5.99. The van der Waals surface area contributed by atoms with Gasteiger partial charge in [-0.3, -0.25) is 4.79 Å². The van der Waals surface area contributed by atoms with Crippen molar-refractivity contribution >= 4 is 40.4 Å². The van der Waals surface area contributed by atoms with E-state index in [9.17, 15) is 24.5 Å². The zero-order valence-electron chi connectivity index (χ0n) is 21.6. The average molecular weight is 550 g/mol. The van der Waals surface area contributed by atoms with Gasteiger partial charge in [0.05, 0.1) is 5.69 Å². The first kappa shape index (κ1) is 29.2. The van der Waals surface area contributed by atoms with E-state index in [0.29, 0.717) is 17.7 Å². The third-order valence-electron chi connectivity index (χ3n) is 5.99. The molecule has 0 aliphatic rings. The molecule has 0 aromatic heterocycles. The Labute approximate surface area is 229 Å². The van der Waals surface area contributed by atoms with Gasteiger partial charge in [0.2, 0.25) is 5.91 Å². The smallest absolute Gasteiger partial charge is 0.322 e. The van der Waals surface area contributed by atoms with Crippen molar-refractivity contribution in [3.63, 3.8) is 0 Å². The monoisotopic (exact) mass is 549 g/mol. The van der Waals surface area contributed by atoms with Crippen LogP contribution >= 0.6 is 0 Å². The average Bonchev–Trinajstić information content (AvgIpc) is 2.91. The van der Waals surface area contributed by atoms with Gasteiger partial charge in [-0.25, -0.2) is 19.7 Å². The molecule has 0 bridgehead atoms. The molecular weight excluding hydrogens is 518 g/mol. The van der Waals surface area contributed by atoms with Crippen LogP contribution in [0.2, 0.25) is 0 Å². The maximum atomic E-state index is 13.6. The Morgan fingerprint density at radius 3 is 2.27 bits per heavy atom. The Hall–Kier alpha value is -5.40. The molecule has 0 unspecified atom stereocenters. The number of urea groups is 2. The van der Waals surface area contributed by atoms with E-state index in [0.717, 1.165) is 16.3 Å². The molecule has 3 rings (SSSR count). The number of hydrazone groups is 1. The molecular formula is C26H31N9O5. The van der Waals surface area contributed by atoms with Gasteiger partial charge in [0.15, 0.2) is 5.03 Å². The number of nitro groups is 1. The SMILES string of the molecule is NC(=O)NCc1ccc(CN(C(=O)Nc2cccc3ccccc23)[C@H](CCCNC(N)=N[N+](=O)[O-])C(N)=O)cc1. The highest BCUT2D eigenvalue weighted by molar-refractivity contribution is 6.02. The van der Waals surface area contributed by atoms with Crippen LogP contribution in [0.1, 0.15) is 24.0 Å². The van der Waals surface area contributed by atoms with Gasteiger partial charge in [0.1, 0.15) is 11.1 Å². The zero-order chi connectivity index (χ0) is 29.1. The van der Waals surface area contributed by atoms with Crippen LogP contribution in [0.5, 0.6) is 0 Å². The van der Waals surface area contributed by atoms with Crippen LogP contribution in [0.15, 0.2) is 71.8 Å². The molecule has 40 heavy (non-hydrogen) atoms. The number of hydrogen-bond acceptors (Lipinski definition) is 5. The van der Waals surface area contributed by atoms with E-state index in [4.69, 9.17) is 17.2 Å². The molecule has 0 saturated heterocycles. The van der Waals surface area contributed by atoms with E-state index in [2.05, 4.69) is 21.1 Å². The highest BCUT2D eigenvalue weighted by atomic mass is 16.7. The Bertz CT molecular complexity index is 1390. The van der Waals surface area contributed by atoms with E-state index >= 15 is 0 Å². The second-order valence-corrected chi connectivity index (χ2v) is 8.83. The number of nitrogens with two attached hydrogens (primary N) is 3. The van der Waals surface area contributed by atoms with Crippen LogP contribution in [0, 0.1) is 10.1 Å². The van der Waals surface area contributed by atoms with Gasteiger partial charge in [0, 0.05) is 25.0 Å². The molecule has 0 aliphatic heterocycles. The highest BCUT2D eigenvalue weighted by Gasteiger charge is 2.28. The largest absolute Gasteiger partial charge is 0.368 e. The predicted octanol–water partition coefficient (Wildman–Crippen LogP) is 1.77. The normalized spacial score (nSPS) is 11.8. The summed E-state index contributed by atoms with van der Waals surface area (Å²) in [5.74, 6) is -1.10. The summed E-state index contributed by atoms with van der Waals surface area (Å²) in [4.78, 5) is 49.0. The summed E-state index contributed by atoms with van der Waals surface area (Å²) < 4.78 is 0. The molecule has 0 radical (unpaired) electrons. The maximum absolute atomic E-state index is 13.6. The number of guanidine groups is 1. The van der Waals surface area contributed by atoms with Crippen molar-refractivity contribution in [3.8, 4) is 0 Å². The highest BCUT2D eigenvalue weighted by Crippen LogP contribution is 2.24. The Balaban J connectivity index is 1.82. The van der Waals surface area contributed by atoms with Crippen LogP contribution in [-0.2, 0) is 17.9 Å². The fourth-order valence-electron chi connectivity index (χ4n) is 4.08. The lowest BCUT2D eigenvalue weighted by Gasteiger charge is -2.30. The van der Waals surface area contributed by atoms with Crippen LogP contribution in [0.4, 0.5) is 15.3 Å². The van der Waals surface area contributed by atoms with E-state index in [1.807, 2.05) is 36.4 Å². The first-order valence-electron chi connectivity index (χ1n) is 12.3. The van der Waals surface area contributed by atoms with Gasteiger partial charge < -0.3 is 38.1 Å². The molecule has 0 heterocycles. The molecule has 9 N–H and O–H groups in total. The maximum Gasteiger partial charge on any atom is 0.322 e. The third kappa shape index (κ3) is 8.58. The molecule has 0 aliphatic carbocycles. The number of amides is 5. The van der Waals surface area contributed by atoms with Gasteiger partial charge in [0.25, 0.3) is 5.96 Å². The van der Waals surface area contributed by atoms with Gasteiger partial charge >= 0.3 is 12.1 Å². The number of fused-ring (bicyclic) bond motifs is 1.